The molecule has 0 unspecified atom stereocenters. The van der Waals surface area contributed by atoms with Gasteiger partial charge < -0.3 is 4.74 Å². The van der Waals surface area contributed by atoms with Gasteiger partial charge in [-0.2, -0.15) is 0 Å². The van der Waals surface area contributed by atoms with Crippen molar-refractivity contribution in [3.63, 3.8) is 0 Å². The van der Waals surface area contributed by atoms with Crippen LogP contribution in [0.3, 0.4) is 0 Å². The minimum Gasteiger partial charge on any atom is -0.469 e. The van der Waals surface area contributed by atoms with Gasteiger partial charge in [0.2, 0.25) is 0 Å². The molecule has 1 fully saturated rings. The zero-order valence-electron chi connectivity index (χ0n) is 11.8. The topological polar surface area (TPSA) is 26.3 Å². The van der Waals surface area contributed by atoms with Crippen molar-refractivity contribution in [3.05, 3.63) is 36.0 Å². The van der Waals surface area contributed by atoms with Gasteiger partial charge in [0.1, 0.15) is 0 Å². The van der Waals surface area contributed by atoms with E-state index < -0.39 is 0 Å². The maximum absolute atomic E-state index is 11.5. The number of hydrogen-bond donors (Lipinski definition) is 0. The number of rotatable bonds is 5. The van der Waals surface area contributed by atoms with Crippen LogP contribution in [0.4, 0.5) is 0 Å². The first-order chi connectivity index (χ1) is 8.45. The van der Waals surface area contributed by atoms with Crippen LogP contribution in [0.5, 0.6) is 0 Å². The molecule has 0 heterocycles. The number of methoxy groups -OCH3 is 1. The monoisotopic (exact) mass is 248 g/mol. The summed E-state index contributed by atoms with van der Waals surface area (Å²) in [6.07, 6.45) is 5.79. The summed E-state index contributed by atoms with van der Waals surface area (Å²) in [7, 11) is 1.45. The van der Waals surface area contributed by atoms with E-state index in [1.54, 1.807) is 0 Å². The molecule has 0 aliphatic heterocycles. The van der Waals surface area contributed by atoms with Gasteiger partial charge in [0, 0.05) is 5.92 Å². The van der Waals surface area contributed by atoms with Crippen LogP contribution in [0.2, 0.25) is 0 Å². The van der Waals surface area contributed by atoms with Crippen LogP contribution in [0.1, 0.15) is 39.5 Å². The first kappa shape index (κ1) is 14.7. The van der Waals surface area contributed by atoms with Crippen LogP contribution in [0, 0.1) is 11.8 Å². The van der Waals surface area contributed by atoms with Crippen molar-refractivity contribution in [2.24, 2.45) is 11.8 Å². The quantitative estimate of drug-likeness (QED) is 0.542. The van der Waals surface area contributed by atoms with Crippen LogP contribution in [-0.2, 0) is 9.53 Å². The molecular formula is C16H24O2. The van der Waals surface area contributed by atoms with Crippen molar-refractivity contribution in [3.8, 4) is 0 Å². The highest BCUT2D eigenvalue weighted by Crippen LogP contribution is 2.40. The largest absolute Gasteiger partial charge is 0.469 e. The molecule has 0 spiro atoms. The number of hydrogen-bond acceptors (Lipinski definition) is 2. The molecule has 0 saturated heterocycles. The Kier molecular flexibility index (Phi) is 5.39. The molecule has 18 heavy (non-hydrogen) atoms. The fourth-order valence-corrected chi connectivity index (χ4v) is 2.52. The second-order valence-electron chi connectivity index (χ2n) is 5.35. The minimum absolute atomic E-state index is 0.0206. The van der Waals surface area contributed by atoms with Crippen LogP contribution in [0.15, 0.2) is 36.0 Å². The van der Waals surface area contributed by atoms with Gasteiger partial charge in [0.05, 0.1) is 13.0 Å². The number of ether oxygens (including phenoxy) is 1. The number of carbonyl (C=O) groups is 1. The molecular weight excluding hydrogens is 224 g/mol. The molecule has 2 nitrogen and oxygen atoms in total. The fourth-order valence-electron chi connectivity index (χ4n) is 2.52. The van der Waals surface area contributed by atoms with E-state index in [4.69, 9.17) is 4.74 Å². The van der Waals surface area contributed by atoms with Gasteiger partial charge >= 0.3 is 5.97 Å². The zero-order chi connectivity index (χ0) is 13.7. The Morgan fingerprint density at radius 3 is 2.72 bits per heavy atom. The molecule has 2 heteroatoms. The minimum atomic E-state index is -0.115. The third kappa shape index (κ3) is 3.86. The highest BCUT2D eigenvalue weighted by molar-refractivity contribution is 5.73. The molecule has 0 radical (unpaired) electrons. The molecule has 0 aromatic rings. The third-order valence-electron chi connectivity index (χ3n) is 3.57. The van der Waals surface area contributed by atoms with Gasteiger partial charge in [-0.1, -0.05) is 36.0 Å². The van der Waals surface area contributed by atoms with Gasteiger partial charge in [-0.05, 0) is 39.5 Å². The summed E-state index contributed by atoms with van der Waals surface area (Å²) in [5.41, 5.74) is 3.66. The lowest BCUT2D eigenvalue weighted by molar-refractivity contribution is -0.145. The van der Waals surface area contributed by atoms with Gasteiger partial charge in [0.15, 0.2) is 0 Å². The lowest BCUT2D eigenvalue weighted by atomic mass is 9.91. The van der Waals surface area contributed by atoms with E-state index in [2.05, 4.69) is 33.1 Å². The Balaban J connectivity index is 2.52. The van der Waals surface area contributed by atoms with E-state index in [0.717, 1.165) is 31.3 Å². The Hall–Kier alpha value is -1.31. The van der Waals surface area contributed by atoms with E-state index in [9.17, 15) is 4.79 Å². The molecule has 1 aliphatic rings. The van der Waals surface area contributed by atoms with Gasteiger partial charge in [0.25, 0.3) is 0 Å². The SMILES string of the molecule is C=C(CCC=C(C)C)[C@H]1C[C@H](C(=O)OC)CC1=C. The molecule has 0 bridgehead atoms. The third-order valence-corrected chi connectivity index (χ3v) is 3.57. The first-order valence-corrected chi connectivity index (χ1v) is 6.52. The van der Waals surface area contributed by atoms with Crippen molar-refractivity contribution in [1.29, 1.82) is 0 Å². The van der Waals surface area contributed by atoms with Crippen molar-refractivity contribution >= 4 is 5.97 Å². The predicted octanol–water partition coefficient (Wildman–Crippen LogP) is 4.04. The molecule has 0 aromatic carbocycles. The van der Waals surface area contributed by atoms with Crippen LogP contribution >= 0.6 is 0 Å². The summed E-state index contributed by atoms with van der Waals surface area (Å²) in [4.78, 5) is 11.5. The summed E-state index contributed by atoms with van der Waals surface area (Å²) >= 11 is 0. The molecule has 0 aromatic heterocycles. The summed E-state index contributed by atoms with van der Waals surface area (Å²) < 4.78 is 4.80. The van der Waals surface area contributed by atoms with Crippen molar-refractivity contribution in [2.45, 2.75) is 39.5 Å². The number of allylic oxidation sites excluding steroid dienone is 4. The molecule has 1 aliphatic carbocycles. The molecule has 1 rings (SSSR count). The highest BCUT2D eigenvalue weighted by atomic mass is 16.5. The van der Waals surface area contributed by atoms with E-state index in [1.165, 1.54) is 18.3 Å². The van der Waals surface area contributed by atoms with Crippen molar-refractivity contribution in [2.75, 3.05) is 7.11 Å². The number of carbonyl (C=O) groups excluding carboxylic acids is 1. The van der Waals surface area contributed by atoms with Crippen LogP contribution in [0.25, 0.3) is 0 Å². The van der Waals surface area contributed by atoms with Crippen LogP contribution in [-0.4, -0.2) is 13.1 Å². The fraction of sp³-hybridized carbons (Fsp3) is 0.562. The standard InChI is InChI=1S/C16H24O2/c1-11(2)7-6-8-12(3)15-10-14(9-13(15)4)16(17)18-5/h7,14-15H,3-4,6,8-10H2,1-2,5H3/t14-,15-/m1/s1. The molecule has 1 saturated carbocycles. The summed E-state index contributed by atoms with van der Waals surface area (Å²) in [5, 5.41) is 0. The maximum atomic E-state index is 11.5. The lowest BCUT2D eigenvalue weighted by Crippen LogP contribution is -2.13. The van der Waals surface area contributed by atoms with Crippen molar-refractivity contribution in [1.82, 2.24) is 0 Å². The molecule has 2 atom stereocenters. The van der Waals surface area contributed by atoms with Gasteiger partial charge in [-0.25, -0.2) is 0 Å². The predicted molar refractivity (Wildman–Crippen MR) is 75.2 cm³/mol. The zero-order valence-corrected chi connectivity index (χ0v) is 11.8. The van der Waals surface area contributed by atoms with E-state index in [-0.39, 0.29) is 11.9 Å². The summed E-state index contributed by atoms with van der Waals surface area (Å²) in [6, 6.07) is 0. The average Bonchev–Trinajstić information content (AvgIpc) is 2.69. The normalized spacial score (nSPS) is 22.7. The Labute approximate surface area is 110 Å². The Morgan fingerprint density at radius 1 is 1.50 bits per heavy atom. The van der Waals surface area contributed by atoms with E-state index in [0.29, 0.717) is 5.92 Å². The summed E-state index contributed by atoms with van der Waals surface area (Å²) in [5.74, 6) is 0.156. The van der Waals surface area contributed by atoms with E-state index >= 15 is 0 Å². The smallest absolute Gasteiger partial charge is 0.309 e. The number of esters is 1. The van der Waals surface area contributed by atoms with Gasteiger partial charge in [-0.15, -0.1) is 0 Å². The molecule has 0 amide bonds. The van der Waals surface area contributed by atoms with E-state index in [1.807, 2.05) is 0 Å². The van der Waals surface area contributed by atoms with Gasteiger partial charge in [-0.3, -0.25) is 4.79 Å². The Morgan fingerprint density at radius 2 is 2.17 bits per heavy atom. The van der Waals surface area contributed by atoms with Crippen LogP contribution < -0.4 is 0 Å². The van der Waals surface area contributed by atoms with Crippen molar-refractivity contribution < 1.29 is 9.53 Å². The molecule has 0 N–H and O–H groups in total. The molecule has 100 valence electrons. The summed E-state index contributed by atoms with van der Waals surface area (Å²) in [6.45, 7) is 12.4. The second kappa shape index (κ2) is 6.58. The maximum Gasteiger partial charge on any atom is 0.309 e. The average molecular weight is 248 g/mol. The highest BCUT2D eigenvalue weighted by Gasteiger charge is 2.34. The lowest BCUT2D eigenvalue weighted by Gasteiger charge is -2.14. The second-order valence-corrected chi connectivity index (χ2v) is 5.35. The Bertz CT molecular complexity index is 373. The first-order valence-electron chi connectivity index (χ1n) is 6.52.